The molecule has 4 unspecified atom stereocenters. The lowest BCUT2D eigenvalue weighted by atomic mass is 9.84. The predicted octanol–water partition coefficient (Wildman–Crippen LogP) is 1.31. The molecule has 2 aliphatic carbocycles. The number of nitrogens with one attached hydrogen (secondary N) is 3. The Labute approximate surface area is 275 Å². The number of fused-ring (bicyclic) bond motifs is 2. The van der Waals surface area contributed by atoms with Crippen LogP contribution in [0.15, 0.2) is 29.2 Å². The maximum atomic E-state index is 14.4. The van der Waals surface area contributed by atoms with E-state index in [2.05, 4.69) is 16.0 Å². The number of nitrogens with two attached hydrogens (primary N) is 1. The summed E-state index contributed by atoms with van der Waals surface area (Å²) in [5, 5.41) is 27.2. The van der Waals surface area contributed by atoms with Gasteiger partial charge in [-0.15, -0.1) is 0 Å². The summed E-state index contributed by atoms with van der Waals surface area (Å²) >= 11 is 0. The van der Waals surface area contributed by atoms with E-state index in [-0.39, 0.29) is 47.2 Å². The smallest absolute Gasteiger partial charge is 0.404 e. The summed E-state index contributed by atoms with van der Waals surface area (Å²) in [7, 11) is -3.46. The van der Waals surface area contributed by atoms with Crippen LogP contribution in [0.3, 0.4) is 0 Å². The maximum absolute atomic E-state index is 14.4. The maximum Gasteiger partial charge on any atom is 0.404 e. The molecule has 6 atom stereocenters. The number of likely N-dealkylation sites (tertiary alicyclic amines) is 1. The molecule has 260 valence electrons. The van der Waals surface area contributed by atoms with Crippen molar-refractivity contribution in [1.29, 1.82) is 0 Å². The molecule has 2 saturated carbocycles. The minimum atomic E-state index is -3.46. The van der Waals surface area contributed by atoms with Gasteiger partial charge in [-0.3, -0.25) is 19.2 Å². The SMILES string of the molecule is CS(=O)(=O)c1ccc(C(=O)N[C@H](CC2CCCCC2)C(=O)N2C3CCC(C3)[C@H]2C(=O)NC(CCCCNC(=O)O)C(O)C(N)=O)cc1. The molecule has 1 aliphatic heterocycles. The molecule has 1 heterocycles. The van der Waals surface area contributed by atoms with Gasteiger partial charge >= 0.3 is 6.09 Å². The van der Waals surface area contributed by atoms with Crippen LogP contribution < -0.4 is 21.7 Å². The fraction of sp³-hybridized carbons (Fsp3) is 0.656. The standard InChI is InChI=1S/C32H47N5O9S/c1-47(45,46)23-14-11-20(12-15-23)29(40)36-25(17-19-7-3-2-4-8-19)31(42)37-22-13-10-21(18-22)26(37)30(41)35-24(27(38)28(33)39)9-5-6-16-34-32(43)44/h11-12,14-15,19,21-22,24-27,34,38H,2-10,13,16-18H2,1H3,(H2,33,39)(H,35,41)(H,36,40)(H,43,44)/t21?,22?,24?,25-,26+,27?/m1/s1. The number of hydrogen-bond donors (Lipinski definition) is 6. The first kappa shape index (κ1) is 36.1. The first-order valence-electron chi connectivity index (χ1n) is 16.4. The molecule has 1 aromatic rings. The highest BCUT2D eigenvalue weighted by Gasteiger charge is 2.53. The van der Waals surface area contributed by atoms with E-state index >= 15 is 0 Å². The molecule has 14 nitrogen and oxygen atoms in total. The molecule has 1 aromatic carbocycles. The van der Waals surface area contributed by atoms with Crippen molar-refractivity contribution in [3.05, 3.63) is 29.8 Å². The molecular formula is C32H47N5O9S. The molecule has 5 amide bonds. The second-order valence-corrected chi connectivity index (χ2v) is 15.2. The molecule has 3 aliphatic rings. The van der Waals surface area contributed by atoms with Gasteiger partial charge in [-0.1, -0.05) is 32.1 Å². The minimum Gasteiger partial charge on any atom is -0.465 e. The summed E-state index contributed by atoms with van der Waals surface area (Å²) in [5.41, 5.74) is 5.57. The number of sulfone groups is 1. The fourth-order valence-electron chi connectivity index (χ4n) is 7.36. The molecule has 47 heavy (non-hydrogen) atoms. The van der Waals surface area contributed by atoms with E-state index in [0.29, 0.717) is 32.1 Å². The van der Waals surface area contributed by atoms with Crippen molar-refractivity contribution < 1.29 is 42.6 Å². The van der Waals surface area contributed by atoms with Crippen LogP contribution in [0.5, 0.6) is 0 Å². The van der Waals surface area contributed by atoms with Crippen LogP contribution in [0.1, 0.15) is 87.4 Å². The molecule has 0 spiro atoms. The number of nitrogens with zero attached hydrogens (tertiary/aromatic N) is 1. The number of carboxylic acid groups (broad SMARTS) is 1. The van der Waals surface area contributed by atoms with Gasteiger partial charge in [0.1, 0.15) is 12.1 Å². The molecule has 2 bridgehead atoms. The fourth-order valence-corrected chi connectivity index (χ4v) is 7.99. The average Bonchev–Trinajstić information content (AvgIpc) is 3.65. The second kappa shape index (κ2) is 15.9. The number of primary amides is 1. The Morgan fingerprint density at radius 2 is 1.66 bits per heavy atom. The van der Waals surface area contributed by atoms with Crippen molar-refractivity contribution in [3.8, 4) is 0 Å². The molecule has 15 heteroatoms. The summed E-state index contributed by atoms with van der Waals surface area (Å²) in [6.45, 7) is 0.160. The van der Waals surface area contributed by atoms with Crippen molar-refractivity contribution >= 4 is 39.6 Å². The van der Waals surface area contributed by atoms with E-state index in [1.165, 1.54) is 24.3 Å². The Hall–Kier alpha value is -3.72. The third kappa shape index (κ3) is 9.43. The zero-order chi connectivity index (χ0) is 34.3. The molecule has 7 N–H and O–H groups in total. The van der Waals surface area contributed by atoms with Crippen molar-refractivity contribution in [2.24, 2.45) is 17.6 Å². The number of aliphatic hydroxyl groups is 1. The summed E-state index contributed by atoms with van der Waals surface area (Å²) in [4.78, 5) is 65.9. The van der Waals surface area contributed by atoms with E-state index < -0.39 is 57.9 Å². The summed E-state index contributed by atoms with van der Waals surface area (Å²) in [6.07, 6.45) is 6.65. The highest BCUT2D eigenvalue weighted by Crippen LogP contribution is 2.43. The molecule has 0 radical (unpaired) electrons. The van der Waals surface area contributed by atoms with Crippen molar-refractivity contribution in [3.63, 3.8) is 0 Å². The van der Waals surface area contributed by atoms with Crippen molar-refractivity contribution in [1.82, 2.24) is 20.9 Å². The number of benzene rings is 1. The largest absolute Gasteiger partial charge is 0.465 e. The van der Waals surface area contributed by atoms with E-state index in [1.807, 2.05) is 0 Å². The molecule has 4 rings (SSSR count). The number of unbranched alkanes of at least 4 members (excludes halogenated alkanes) is 1. The Kier molecular flexibility index (Phi) is 12.2. The van der Waals surface area contributed by atoms with Crippen molar-refractivity contribution in [2.75, 3.05) is 12.8 Å². The van der Waals surface area contributed by atoms with Gasteiger partial charge in [-0.2, -0.15) is 0 Å². The minimum absolute atomic E-state index is 0.0718. The number of carbonyl (C=O) groups is 5. The first-order chi connectivity index (χ1) is 22.3. The normalized spacial score (nSPS) is 23.0. The number of hydrogen-bond acceptors (Lipinski definition) is 8. The lowest BCUT2D eigenvalue weighted by molar-refractivity contribution is -0.145. The summed E-state index contributed by atoms with van der Waals surface area (Å²) in [6, 6.07) is 2.50. The summed E-state index contributed by atoms with van der Waals surface area (Å²) in [5.74, 6) is -2.34. The molecular weight excluding hydrogens is 630 g/mol. The van der Waals surface area contributed by atoms with E-state index in [0.717, 1.165) is 44.8 Å². The van der Waals surface area contributed by atoms with Gasteiger partial charge in [0, 0.05) is 24.4 Å². The van der Waals surface area contributed by atoms with E-state index in [1.54, 1.807) is 4.90 Å². The van der Waals surface area contributed by atoms with Gasteiger partial charge in [0.2, 0.25) is 17.7 Å². The van der Waals surface area contributed by atoms with Gasteiger partial charge in [0.25, 0.3) is 5.91 Å². The van der Waals surface area contributed by atoms with Crippen LogP contribution in [0.25, 0.3) is 0 Å². The molecule has 3 fully saturated rings. The van der Waals surface area contributed by atoms with Crippen LogP contribution in [0.2, 0.25) is 0 Å². The average molecular weight is 678 g/mol. The Morgan fingerprint density at radius 1 is 0.979 bits per heavy atom. The Bertz CT molecular complexity index is 1410. The molecule has 1 saturated heterocycles. The van der Waals surface area contributed by atoms with Crippen molar-refractivity contribution in [2.45, 2.75) is 112 Å². The molecule has 0 aromatic heterocycles. The van der Waals surface area contributed by atoms with Gasteiger partial charge < -0.3 is 36.8 Å². The number of carbonyl (C=O) groups excluding carboxylic acids is 4. The number of rotatable bonds is 15. The highest BCUT2D eigenvalue weighted by atomic mass is 32.2. The van der Waals surface area contributed by atoms with Crippen LogP contribution in [0, 0.1) is 11.8 Å². The van der Waals surface area contributed by atoms with Gasteiger partial charge in [0.15, 0.2) is 15.9 Å². The van der Waals surface area contributed by atoms with Gasteiger partial charge in [-0.25, -0.2) is 13.2 Å². The lowest BCUT2D eigenvalue weighted by Gasteiger charge is -2.38. The van der Waals surface area contributed by atoms with E-state index in [4.69, 9.17) is 10.8 Å². The van der Waals surface area contributed by atoms with Crippen LogP contribution in [-0.4, -0.2) is 96.3 Å². The van der Waals surface area contributed by atoms with E-state index in [9.17, 15) is 37.5 Å². The Morgan fingerprint density at radius 3 is 2.28 bits per heavy atom. The second-order valence-electron chi connectivity index (χ2n) is 13.2. The topological polar surface area (TPSA) is 225 Å². The predicted molar refractivity (Wildman–Crippen MR) is 171 cm³/mol. The van der Waals surface area contributed by atoms with Crippen LogP contribution in [-0.2, 0) is 24.2 Å². The number of piperidine rings is 1. The lowest BCUT2D eigenvalue weighted by Crippen LogP contribution is -2.60. The summed E-state index contributed by atoms with van der Waals surface area (Å²) < 4.78 is 23.8. The zero-order valence-corrected chi connectivity index (χ0v) is 27.5. The third-order valence-corrected chi connectivity index (χ3v) is 10.9. The Balaban J connectivity index is 1.52. The van der Waals surface area contributed by atoms with Gasteiger partial charge in [-0.05, 0) is 81.0 Å². The highest BCUT2D eigenvalue weighted by molar-refractivity contribution is 7.90. The van der Waals surface area contributed by atoms with Crippen LogP contribution >= 0.6 is 0 Å². The number of aliphatic hydroxyl groups excluding tert-OH is 1. The number of amides is 5. The van der Waals surface area contributed by atoms with Gasteiger partial charge in [0.05, 0.1) is 10.9 Å². The monoisotopic (exact) mass is 677 g/mol. The van der Waals surface area contributed by atoms with Crippen LogP contribution in [0.4, 0.5) is 4.79 Å². The first-order valence-corrected chi connectivity index (χ1v) is 18.3. The quantitative estimate of drug-likeness (QED) is 0.147. The zero-order valence-electron chi connectivity index (χ0n) is 26.7. The third-order valence-electron chi connectivity index (χ3n) is 9.77.